The second-order valence-electron chi connectivity index (χ2n) is 7.19. The Morgan fingerprint density at radius 1 is 1.07 bits per heavy atom. The SMILES string of the molecule is COc1ccc(C(=O)NC(=S)Nc2cccc(C(=O)N3CCC(C)CC3)c2)cc1. The smallest absolute Gasteiger partial charge is 0.257 e. The van der Waals surface area contributed by atoms with Crippen LogP contribution < -0.4 is 15.4 Å². The van der Waals surface area contributed by atoms with Crippen LogP contribution in [0.3, 0.4) is 0 Å². The summed E-state index contributed by atoms with van der Waals surface area (Å²) in [7, 11) is 1.57. The molecule has 29 heavy (non-hydrogen) atoms. The Hall–Kier alpha value is -2.93. The van der Waals surface area contributed by atoms with Gasteiger partial charge in [-0.15, -0.1) is 0 Å². The molecule has 0 aromatic heterocycles. The summed E-state index contributed by atoms with van der Waals surface area (Å²) in [5.41, 5.74) is 1.73. The van der Waals surface area contributed by atoms with Crippen molar-refractivity contribution >= 4 is 34.8 Å². The fraction of sp³-hybridized carbons (Fsp3) is 0.318. The lowest BCUT2D eigenvalue weighted by Gasteiger charge is -2.30. The van der Waals surface area contributed by atoms with Gasteiger partial charge in [0.15, 0.2) is 5.11 Å². The predicted octanol–water partition coefficient (Wildman–Crippen LogP) is 3.69. The average Bonchev–Trinajstić information content (AvgIpc) is 2.74. The molecule has 0 bridgehead atoms. The van der Waals surface area contributed by atoms with Crippen LogP contribution in [0, 0.1) is 5.92 Å². The van der Waals surface area contributed by atoms with Crippen molar-refractivity contribution in [3.05, 3.63) is 59.7 Å². The second-order valence-corrected chi connectivity index (χ2v) is 7.60. The lowest BCUT2D eigenvalue weighted by molar-refractivity contribution is 0.0697. The number of piperidine rings is 1. The van der Waals surface area contributed by atoms with E-state index in [0.29, 0.717) is 28.5 Å². The zero-order chi connectivity index (χ0) is 20.8. The van der Waals surface area contributed by atoms with E-state index in [1.807, 2.05) is 4.90 Å². The van der Waals surface area contributed by atoms with Gasteiger partial charge in [0.25, 0.3) is 11.8 Å². The third-order valence-electron chi connectivity index (χ3n) is 5.02. The van der Waals surface area contributed by atoms with Crippen molar-refractivity contribution in [2.24, 2.45) is 5.92 Å². The lowest BCUT2D eigenvalue weighted by Crippen LogP contribution is -2.38. The van der Waals surface area contributed by atoms with Gasteiger partial charge in [-0.2, -0.15) is 0 Å². The number of likely N-dealkylation sites (tertiary alicyclic amines) is 1. The van der Waals surface area contributed by atoms with Crippen molar-refractivity contribution < 1.29 is 14.3 Å². The monoisotopic (exact) mass is 411 g/mol. The van der Waals surface area contributed by atoms with Crippen molar-refractivity contribution in [1.82, 2.24) is 10.2 Å². The highest BCUT2D eigenvalue weighted by Gasteiger charge is 2.21. The number of thiocarbonyl (C=S) groups is 1. The molecule has 1 aliphatic rings. The number of anilines is 1. The molecule has 152 valence electrons. The molecule has 3 rings (SSSR count). The van der Waals surface area contributed by atoms with Gasteiger partial charge in [-0.25, -0.2) is 0 Å². The number of hydrogen-bond donors (Lipinski definition) is 2. The molecule has 0 spiro atoms. The van der Waals surface area contributed by atoms with Crippen LogP contribution in [0.2, 0.25) is 0 Å². The average molecular weight is 412 g/mol. The van der Waals surface area contributed by atoms with E-state index in [-0.39, 0.29) is 16.9 Å². The van der Waals surface area contributed by atoms with E-state index in [9.17, 15) is 9.59 Å². The number of carbonyl (C=O) groups is 2. The van der Waals surface area contributed by atoms with E-state index in [0.717, 1.165) is 25.9 Å². The number of ether oxygens (including phenoxy) is 1. The number of rotatable bonds is 4. The zero-order valence-corrected chi connectivity index (χ0v) is 17.4. The highest BCUT2D eigenvalue weighted by molar-refractivity contribution is 7.80. The Balaban J connectivity index is 1.59. The molecule has 0 saturated carbocycles. The Morgan fingerprint density at radius 3 is 2.41 bits per heavy atom. The van der Waals surface area contributed by atoms with Gasteiger partial charge in [0.1, 0.15) is 5.75 Å². The molecule has 1 saturated heterocycles. The molecule has 2 aromatic carbocycles. The Morgan fingerprint density at radius 2 is 1.76 bits per heavy atom. The molecule has 7 heteroatoms. The summed E-state index contributed by atoms with van der Waals surface area (Å²) in [4.78, 5) is 26.9. The quantitative estimate of drug-likeness (QED) is 0.751. The Kier molecular flexibility index (Phi) is 6.82. The number of nitrogens with zero attached hydrogens (tertiary/aromatic N) is 1. The zero-order valence-electron chi connectivity index (χ0n) is 16.6. The molecule has 0 atom stereocenters. The van der Waals surface area contributed by atoms with Crippen LogP contribution in [0.15, 0.2) is 48.5 Å². The van der Waals surface area contributed by atoms with Crippen LogP contribution in [-0.2, 0) is 0 Å². The fourth-order valence-electron chi connectivity index (χ4n) is 3.20. The molecule has 0 unspecified atom stereocenters. The number of nitrogens with one attached hydrogen (secondary N) is 2. The maximum Gasteiger partial charge on any atom is 0.257 e. The van der Waals surface area contributed by atoms with E-state index < -0.39 is 0 Å². The first-order valence-electron chi connectivity index (χ1n) is 9.62. The minimum atomic E-state index is -0.320. The Bertz CT molecular complexity index is 890. The van der Waals surface area contributed by atoms with Gasteiger partial charge in [0.05, 0.1) is 7.11 Å². The molecule has 1 heterocycles. The first-order chi connectivity index (χ1) is 14.0. The summed E-state index contributed by atoms with van der Waals surface area (Å²) in [5, 5.41) is 5.79. The van der Waals surface area contributed by atoms with Gasteiger partial charge >= 0.3 is 0 Å². The van der Waals surface area contributed by atoms with Crippen molar-refractivity contribution in [2.45, 2.75) is 19.8 Å². The van der Waals surface area contributed by atoms with Crippen molar-refractivity contribution in [3.8, 4) is 5.75 Å². The lowest BCUT2D eigenvalue weighted by atomic mass is 9.98. The Labute approximate surface area is 176 Å². The molecule has 0 radical (unpaired) electrons. The molecular weight excluding hydrogens is 386 g/mol. The summed E-state index contributed by atoms with van der Waals surface area (Å²) in [5.74, 6) is 1.04. The summed E-state index contributed by atoms with van der Waals surface area (Å²) >= 11 is 5.24. The fourth-order valence-corrected chi connectivity index (χ4v) is 3.41. The van der Waals surface area contributed by atoms with E-state index in [2.05, 4.69) is 17.6 Å². The molecule has 2 amide bonds. The predicted molar refractivity (Wildman–Crippen MR) is 117 cm³/mol. The number of benzene rings is 2. The van der Waals surface area contributed by atoms with Crippen LogP contribution in [0.4, 0.5) is 5.69 Å². The summed E-state index contributed by atoms with van der Waals surface area (Å²) in [6.45, 7) is 3.79. The third kappa shape index (κ3) is 5.54. The number of hydrogen-bond acceptors (Lipinski definition) is 4. The van der Waals surface area contributed by atoms with Gasteiger partial charge in [0, 0.05) is 29.9 Å². The van der Waals surface area contributed by atoms with Crippen molar-refractivity contribution in [1.29, 1.82) is 0 Å². The van der Waals surface area contributed by atoms with Crippen molar-refractivity contribution in [3.63, 3.8) is 0 Å². The van der Waals surface area contributed by atoms with E-state index >= 15 is 0 Å². The van der Waals surface area contributed by atoms with E-state index in [4.69, 9.17) is 17.0 Å². The molecule has 0 aliphatic carbocycles. The van der Waals surface area contributed by atoms with E-state index in [1.54, 1.807) is 55.6 Å². The van der Waals surface area contributed by atoms with Gasteiger partial charge in [0.2, 0.25) is 0 Å². The number of methoxy groups -OCH3 is 1. The largest absolute Gasteiger partial charge is 0.497 e. The van der Waals surface area contributed by atoms with Crippen molar-refractivity contribution in [2.75, 3.05) is 25.5 Å². The van der Waals surface area contributed by atoms with Gasteiger partial charge < -0.3 is 15.0 Å². The molecule has 1 aliphatic heterocycles. The highest BCUT2D eigenvalue weighted by atomic mass is 32.1. The third-order valence-corrected chi connectivity index (χ3v) is 5.22. The normalized spacial score (nSPS) is 14.2. The van der Waals surface area contributed by atoms with E-state index in [1.165, 1.54) is 0 Å². The van der Waals surface area contributed by atoms with Crippen LogP contribution in [0.25, 0.3) is 0 Å². The number of carbonyl (C=O) groups excluding carboxylic acids is 2. The highest BCUT2D eigenvalue weighted by Crippen LogP contribution is 2.19. The summed E-state index contributed by atoms with van der Waals surface area (Å²) in [6, 6.07) is 13.9. The molecular formula is C22H25N3O3S. The minimum Gasteiger partial charge on any atom is -0.497 e. The summed E-state index contributed by atoms with van der Waals surface area (Å²) < 4.78 is 5.09. The van der Waals surface area contributed by atoms with Crippen LogP contribution >= 0.6 is 12.2 Å². The van der Waals surface area contributed by atoms with Gasteiger partial charge in [-0.05, 0) is 73.4 Å². The second kappa shape index (κ2) is 9.52. The van der Waals surface area contributed by atoms with Gasteiger partial charge in [-0.3, -0.25) is 14.9 Å². The summed E-state index contributed by atoms with van der Waals surface area (Å²) in [6.07, 6.45) is 2.07. The van der Waals surface area contributed by atoms with Crippen LogP contribution in [0.5, 0.6) is 5.75 Å². The molecule has 2 aromatic rings. The maximum absolute atomic E-state index is 12.7. The maximum atomic E-state index is 12.7. The molecule has 6 nitrogen and oxygen atoms in total. The minimum absolute atomic E-state index is 0.0220. The first kappa shape index (κ1) is 20.8. The molecule has 2 N–H and O–H groups in total. The topological polar surface area (TPSA) is 70.7 Å². The number of amides is 2. The van der Waals surface area contributed by atoms with Gasteiger partial charge in [-0.1, -0.05) is 13.0 Å². The van der Waals surface area contributed by atoms with Crippen LogP contribution in [-0.4, -0.2) is 42.0 Å². The van der Waals surface area contributed by atoms with Crippen LogP contribution in [0.1, 0.15) is 40.5 Å². The first-order valence-corrected chi connectivity index (χ1v) is 10.0. The standard InChI is InChI=1S/C22H25N3O3S/c1-15-10-12-25(13-11-15)21(27)17-4-3-5-18(14-17)23-22(29)24-20(26)16-6-8-19(28-2)9-7-16/h3-9,14-15H,10-13H2,1-2H3,(H2,23,24,26,29). The molecule has 1 fully saturated rings.